The third-order valence-electron chi connectivity index (χ3n) is 8.69. The highest BCUT2D eigenvalue weighted by atomic mass is 35.5. The molecule has 1 atom stereocenters. The Morgan fingerprint density at radius 3 is 2.35 bits per heavy atom. The van der Waals surface area contributed by atoms with Gasteiger partial charge in [0, 0.05) is 70.2 Å². The molecule has 1 aromatic heterocycles. The number of nitrogens with zero attached hydrogens (tertiary/aromatic N) is 2. The van der Waals surface area contributed by atoms with E-state index < -0.39 is 17.3 Å². The number of piperazine rings is 1. The molecule has 6 aromatic rings. The second-order valence-corrected chi connectivity index (χ2v) is 15.2. The number of fused-ring (bicyclic) bond motifs is 1. The first-order chi connectivity index (χ1) is 23.8. The van der Waals surface area contributed by atoms with E-state index in [1.807, 2.05) is 79.7 Å². The number of anilines is 1. The van der Waals surface area contributed by atoms with Gasteiger partial charge in [-0.05, 0) is 78.2 Å². The minimum absolute atomic E-state index is 0.306. The van der Waals surface area contributed by atoms with Crippen molar-refractivity contribution in [2.24, 2.45) is 0 Å². The maximum atomic E-state index is 13.6. The number of amides is 1. The Bertz CT molecular complexity index is 2100. The van der Waals surface area contributed by atoms with Crippen molar-refractivity contribution < 1.29 is 14.1 Å². The summed E-state index contributed by atoms with van der Waals surface area (Å²) >= 11 is 12.0. The molecule has 0 aliphatic carbocycles. The lowest BCUT2D eigenvalue weighted by Crippen LogP contribution is -2.46. The topological polar surface area (TPSA) is 67.9 Å². The van der Waals surface area contributed by atoms with Gasteiger partial charge in [-0.3, -0.25) is 9.69 Å². The molecule has 1 aliphatic rings. The molecule has 1 saturated heterocycles. The molecule has 1 aliphatic heterocycles. The van der Waals surface area contributed by atoms with Crippen molar-refractivity contribution >= 4 is 67.6 Å². The summed E-state index contributed by atoms with van der Waals surface area (Å²) in [4.78, 5) is 18.4. The summed E-state index contributed by atoms with van der Waals surface area (Å²) in [5.41, 5.74) is 5.75. The van der Waals surface area contributed by atoms with E-state index in [2.05, 4.69) is 50.9 Å². The van der Waals surface area contributed by atoms with E-state index in [1.54, 1.807) is 6.07 Å². The van der Waals surface area contributed by atoms with Crippen LogP contribution >= 0.6 is 34.5 Å². The smallest absolute Gasteiger partial charge is 0.296 e. The van der Waals surface area contributed by atoms with E-state index in [-0.39, 0.29) is 0 Å². The van der Waals surface area contributed by atoms with Crippen molar-refractivity contribution in [3.05, 3.63) is 142 Å². The fraction of sp³-hybridized carbons (Fsp3) is 0.154. The van der Waals surface area contributed by atoms with Crippen LogP contribution in [-0.2, 0) is 17.9 Å². The lowest BCUT2D eigenvalue weighted by molar-refractivity contribution is 0.0979. The van der Waals surface area contributed by atoms with Gasteiger partial charge in [-0.2, -0.15) is 4.72 Å². The highest BCUT2D eigenvalue weighted by Crippen LogP contribution is 2.36. The van der Waals surface area contributed by atoms with Crippen LogP contribution in [0.3, 0.4) is 0 Å². The van der Waals surface area contributed by atoms with Gasteiger partial charge < -0.3 is 14.2 Å². The predicted octanol–water partition coefficient (Wildman–Crippen LogP) is 9.75. The van der Waals surface area contributed by atoms with E-state index in [0.29, 0.717) is 26.3 Å². The monoisotopic (exact) mass is 725 g/mol. The summed E-state index contributed by atoms with van der Waals surface area (Å²) in [6.07, 6.45) is 0. The molecule has 2 heterocycles. The molecule has 5 aromatic carbocycles. The zero-order valence-electron chi connectivity index (χ0n) is 26.7. The summed E-state index contributed by atoms with van der Waals surface area (Å²) in [6.45, 7) is 6.13. The molecule has 0 saturated carbocycles. The molecule has 6 nitrogen and oxygen atoms in total. The molecule has 1 amide bonds. The number of carbonyl (C=O) groups excluding carboxylic acids is 1. The first-order valence-corrected chi connectivity index (χ1v) is 18.6. The van der Waals surface area contributed by atoms with Crippen LogP contribution in [0.2, 0.25) is 10.0 Å². The second kappa shape index (κ2) is 14.8. The van der Waals surface area contributed by atoms with Gasteiger partial charge in [0.05, 0.1) is 5.56 Å². The van der Waals surface area contributed by atoms with Gasteiger partial charge in [-0.25, -0.2) is 0 Å². The highest BCUT2D eigenvalue weighted by Gasteiger charge is 2.27. The van der Waals surface area contributed by atoms with Gasteiger partial charge in [0.2, 0.25) is 4.21 Å². The van der Waals surface area contributed by atoms with Gasteiger partial charge in [-0.15, -0.1) is 0 Å². The van der Waals surface area contributed by atoms with Crippen molar-refractivity contribution in [3.63, 3.8) is 0 Å². The molecule has 248 valence electrons. The van der Waals surface area contributed by atoms with E-state index in [4.69, 9.17) is 27.9 Å². The Balaban J connectivity index is 1.07. The van der Waals surface area contributed by atoms with E-state index >= 15 is 0 Å². The third-order valence-corrected chi connectivity index (χ3v) is 12.0. The van der Waals surface area contributed by atoms with Gasteiger partial charge in [-0.1, -0.05) is 89.1 Å². The van der Waals surface area contributed by atoms with Crippen LogP contribution in [0.4, 0.5) is 5.69 Å². The van der Waals surface area contributed by atoms with Gasteiger partial charge in [0.15, 0.2) is 0 Å². The Labute approximate surface area is 303 Å². The van der Waals surface area contributed by atoms with Crippen LogP contribution in [-0.4, -0.2) is 41.5 Å². The predicted molar refractivity (Wildman–Crippen MR) is 203 cm³/mol. The van der Waals surface area contributed by atoms with Crippen LogP contribution in [0.25, 0.3) is 21.2 Å². The highest BCUT2D eigenvalue weighted by molar-refractivity contribution is 7.92. The molecule has 10 heteroatoms. The molecule has 0 spiro atoms. The van der Waals surface area contributed by atoms with Crippen LogP contribution in [0.5, 0.6) is 11.5 Å². The minimum Gasteiger partial charge on any atom is -0.587 e. The standard InChI is InChI=1S/C39H33Cl2N3O3S2/c1-26-35-23-30(41)15-18-37(35)48-39(26)49(46)42-38(45)34-17-16-31(24-36(34)47-32-8-3-2-4-9-32)44-21-19-43(20-22-44)25-28-7-5-6-10-33(28)27-11-13-29(40)14-12-27/h2-18,23-24H,19-22,25H2,1H3,(H,42,45). The maximum absolute atomic E-state index is 13.6. The molecular formula is C39H33Cl2N3O3S2. The summed E-state index contributed by atoms with van der Waals surface area (Å²) < 4.78 is 24.0. The Hall–Kier alpha value is -4.02. The first-order valence-electron chi connectivity index (χ1n) is 15.9. The van der Waals surface area contributed by atoms with Crippen molar-refractivity contribution in [1.82, 2.24) is 9.62 Å². The number of nitrogens with one attached hydrogen (secondary N) is 1. The van der Waals surface area contributed by atoms with Crippen molar-refractivity contribution in [2.75, 3.05) is 31.1 Å². The lowest BCUT2D eigenvalue weighted by atomic mass is 9.99. The summed E-state index contributed by atoms with van der Waals surface area (Å²) in [6, 6.07) is 37.1. The van der Waals surface area contributed by atoms with Gasteiger partial charge in [0.25, 0.3) is 5.91 Å². The normalized spacial score (nSPS) is 14.2. The van der Waals surface area contributed by atoms with Crippen molar-refractivity contribution in [1.29, 1.82) is 0 Å². The lowest BCUT2D eigenvalue weighted by Gasteiger charge is -2.36. The summed E-state index contributed by atoms with van der Waals surface area (Å²) in [7, 11) is 0. The molecule has 1 fully saturated rings. The number of para-hydroxylation sites is 1. The third kappa shape index (κ3) is 7.60. The number of rotatable bonds is 9. The number of ether oxygens (including phenoxy) is 1. The first kappa shape index (κ1) is 33.5. The second-order valence-electron chi connectivity index (χ2n) is 11.9. The van der Waals surface area contributed by atoms with Crippen LogP contribution < -0.4 is 14.4 Å². The largest absolute Gasteiger partial charge is 0.587 e. The SMILES string of the molecule is Cc1c([S+]([O-])NC(=O)c2ccc(N3CCN(Cc4ccccc4-c4ccc(Cl)cc4)CC3)cc2Oc2ccccc2)sc2ccc(Cl)cc12. The maximum Gasteiger partial charge on any atom is 0.296 e. The molecule has 7 rings (SSSR count). The van der Waals surface area contributed by atoms with Crippen LogP contribution in [0.15, 0.2) is 119 Å². The summed E-state index contributed by atoms with van der Waals surface area (Å²) in [5.74, 6) is 0.531. The summed E-state index contributed by atoms with van der Waals surface area (Å²) in [5, 5.41) is 2.27. The molecule has 0 bridgehead atoms. The number of aryl methyl sites for hydroxylation is 1. The van der Waals surface area contributed by atoms with Gasteiger partial charge >= 0.3 is 0 Å². The number of benzene rings is 5. The van der Waals surface area contributed by atoms with E-state index in [0.717, 1.165) is 64.6 Å². The Morgan fingerprint density at radius 2 is 1.57 bits per heavy atom. The van der Waals surface area contributed by atoms with E-state index in [1.165, 1.54) is 22.5 Å². The number of hydrogen-bond donors (Lipinski definition) is 1. The number of halogens is 2. The molecule has 1 unspecified atom stereocenters. The molecule has 0 radical (unpaired) electrons. The van der Waals surface area contributed by atoms with E-state index in [9.17, 15) is 9.35 Å². The van der Waals surface area contributed by atoms with Crippen molar-refractivity contribution in [2.45, 2.75) is 17.7 Å². The van der Waals surface area contributed by atoms with Gasteiger partial charge in [0.1, 0.15) is 22.9 Å². The van der Waals surface area contributed by atoms with Crippen LogP contribution in [0, 0.1) is 6.92 Å². The molecule has 1 N–H and O–H groups in total. The minimum atomic E-state index is -1.77. The average Bonchev–Trinajstić information content (AvgIpc) is 3.45. The quantitative estimate of drug-likeness (QED) is 0.150. The zero-order valence-corrected chi connectivity index (χ0v) is 29.8. The molecular weight excluding hydrogens is 693 g/mol. The molecule has 49 heavy (non-hydrogen) atoms. The average molecular weight is 727 g/mol. The number of carbonyl (C=O) groups is 1. The Kier molecular flexibility index (Phi) is 10.1. The van der Waals surface area contributed by atoms with Crippen molar-refractivity contribution in [3.8, 4) is 22.6 Å². The fourth-order valence-electron chi connectivity index (χ4n) is 6.10. The number of thiophene rings is 1. The fourth-order valence-corrected chi connectivity index (χ4v) is 8.78. The zero-order chi connectivity index (χ0) is 33.9. The number of hydrogen-bond acceptors (Lipinski definition) is 6. The van der Waals surface area contributed by atoms with Crippen LogP contribution in [0.1, 0.15) is 21.5 Å². The Morgan fingerprint density at radius 1 is 0.857 bits per heavy atom.